The molecule has 1 aromatic rings. The Morgan fingerprint density at radius 2 is 2.06 bits per heavy atom. The molecule has 0 bridgehead atoms. The Morgan fingerprint density at radius 1 is 1.19 bits per heavy atom. The van der Waals surface area contributed by atoms with Crippen LogP contribution in [0.3, 0.4) is 0 Å². The van der Waals surface area contributed by atoms with Crippen LogP contribution >= 0.6 is 0 Å². The number of piperidine rings is 1. The fraction of sp³-hybridized carbons (Fsp3) is 0.467. The molecule has 0 saturated carbocycles. The minimum absolute atomic E-state index is 1.13. The van der Waals surface area contributed by atoms with Crippen LogP contribution in [0.25, 0.3) is 5.57 Å². The smallest absolute Gasteiger partial charge is 0.0432 e. The van der Waals surface area contributed by atoms with Crippen LogP contribution in [0, 0.1) is 0 Å². The molecule has 1 aromatic carbocycles. The van der Waals surface area contributed by atoms with Gasteiger partial charge in [-0.2, -0.15) is 0 Å². The predicted molar refractivity (Wildman–Crippen MR) is 67.9 cm³/mol. The largest absolute Gasteiger partial charge is 0.370 e. The predicted octanol–water partition coefficient (Wildman–Crippen LogP) is 3.81. The van der Waals surface area contributed by atoms with Crippen molar-refractivity contribution in [2.24, 2.45) is 0 Å². The van der Waals surface area contributed by atoms with E-state index in [-0.39, 0.29) is 0 Å². The van der Waals surface area contributed by atoms with Gasteiger partial charge in [0.1, 0.15) is 0 Å². The Balaban J connectivity index is 2.13. The summed E-state index contributed by atoms with van der Waals surface area (Å²) in [5, 5.41) is 0. The van der Waals surface area contributed by atoms with Crippen molar-refractivity contribution < 1.29 is 0 Å². The van der Waals surface area contributed by atoms with E-state index in [0.29, 0.717) is 0 Å². The van der Waals surface area contributed by atoms with Gasteiger partial charge in [-0.05, 0) is 42.4 Å². The average molecular weight is 213 g/mol. The lowest BCUT2D eigenvalue weighted by atomic mass is 9.88. The molecule has 0 spiro atoms. The van der Waals surface area contributed by atoms with Gasteiger partial charge in [0, 0.05) is 18.8 Å². The first-order valence-electron chi connectivity index (χ1n) is 6.45. The van der Waals surface area contributed by atoms with Crippen molar-refractivity contribution in [2.75, 3.05) is 6.54 Å². The first kappa shape index (κ1) is 9.95. The topological polar surface area (TPSA) is 3.24 Å². The van der Waals surface area contributed by atoms with E-state index in [2.05, 4.69) is 36.1 Å². The third kappa shape index (κ3) is 1.46. The molecule has 1 heteroatoms. The third-order valence-corrected chi connectivity index (χ3v) is 3.88. The summed E-state index contributed by atoms with van der Waals surface area (Å²) in [4.78, 5) is 2.60. The Kier molecular flexibility index (Phi) is 2.47. The van der Waals surface area contributed by atoms with Crippen molar-refractivity contribution in [3.63, 3.8) is 0 Å². The van der Waals surface area contributed by atoms with Crippen LogP contribution in [-0.2, 0) is 6.54 Å². The van der Waals surface area contributed by atoms with Gasteiger partial charge < -0.3 is 4.90 Å². The summed E-state index contributed by atoms with van der Waals surface area (Å²) in [5.74, 6) is 0. The van der Waals surface area contributed by atoms with Gasteiger partial charge in [-0.3, -0.25) is 0 Å². The molecule has 1 fully saturated rings. The highest BCUT2D eigenvalue weighted by Crippen LogP contribution is 2.37. The van der Waals surface area contributed by atoms with Gasteiger partial charge >= 0.3 is 0 Å². The molecule has 0 amide bonds. The first-order valence-corrected chi connectivity index (χ1v) is 6.45. The second kappa shape index (κ2) is 3.97. The molecule has 84 valence electrons. The second-order valence-electron chi connectivity index (χ2n) is 4.81. The molecule has 0 atom stereocenters. The van der Waals surface area contributed by atoms with E-state index >= 15 is 0 Å². The maximum Gasteiger partial charge on any atom is 0.0432 e. The molecular weight excluding hydrogens is 194 g/mol. The maximum absolute atomic E-state index is 2.60. The molecule has 3 rings (SSSR count). The monoisotopic (exact) mass is 213 g/mol. The summed E-state index contributed by atoms with van der Waals surface area (Å²) in [5.41, 5.74) is 6.26. The lowest BCUT2D eigenvalue weighted by Crippen LogP contribution is -2.31. The first-order chi connectivity index (χ1) is 7.90. The van der Waals surface area contributed by atoms with Crippen LogP contribution in [0.4, 0.5) is 0 Å². The third-order valence-electron chi connectivity index (χ3n) is 3.88. The van der Waals surface area contributed by atoms with E-state index in [1.54, 1.807) is 11.3 Å². The highest BCUT2D eigenvalue weighted by atomic mass is 15.1. The van der Waals surface area contributed by atoms with E-state index in [9.17, 15) is 0 Å². The molecule has 0 aromatic heterocycles. The number of benzene rings is 1. The van der Waals surface area contributed by atoms with E-state index in [1.807, 2.05) is 0 Å². The van der Waals surface area contributed by atoms with Gasteiger partial charge in [-0.15, -0.1) is 0 Å². The van der Waals surface area contributed by atoms with E-state index < -0.39 is 0 Å². The van der Waals surface area contributed by atoms with Gasteiger partial charge in [0.2, 0.25) is 0 Å². The zero-order chi connectivity index (χ0) is 11.0. The Morgan fingerprint density at radius 3 is 2.94 bits per heavy atom. The van der Waals surface area contributed by atoms with Crippen LogP contribution in [-0.4, -0.2) is 11.4 Å². The fourth-order valence-electron chi connectivity index (χ4n) is 3.11. The highest BCUT2D eigenvalue weighted by Gasteiger charge is 2.24. The van der Waals surface area contributed by atoms with Gasteiger partial charge in [0.25, 0.3) is 0 Å². The molecule has 2 aliphatic heterocycles. The van der Waals surface area contributed by atoms with Crippen LogP contribution < -0.4 is 0 Å². The Labute approximate surface area is 97.8 Å². The van der Waals surface area contributed by atoms with Crippen molar-refractivity contribution in [3.05, 3.63) is 41.1 Å². The highest BCUT2D eigenvalue weighted by molar-refractivity contribution is 5.72. The maximum atomic E-state index is 2.60. The number of hydrogen-bond donors (Lipinski definition) is 0. The number of fused-ring (bicyclic) bond motifs is 2. The standard InChI is InChI=1S/C15H19N/c1-2-13-14-8-4-3-7-12(14)11-16-10-6-5-9-15(13)16/h3-4,7-8H,2,5-6,9-11H2,1H3. The Hall–Kier alpha value is -1.24. The van der Waals surface area contributed by atoms with Crippen molar-refractivity contribution in [3.8, 4) is 0 Å². The van der Waals surface area contributed by atoms with Crippen LogP contribution in [0.2, 0.25) is 0 Å². The minimum Gasteiger partial charge on any atom is -0.370 e. The molecule has 2 heterocycles. The van der Waals surface area contributed by atoms with Crippen molar-refractivity contribution in [1.82, 2.24) is 4.90 Å². The van der Waals surface area contributed by atoms with Crippen LogP contribution in [0.5, 0.6) is 0 Å². The second-order valence-corrected chi connectivity index (χ2v) is 4.81. The number of allylic oxidation sites excluding steroid dienone is 2. The molecule has 0 N–H and O–H groups in total. The molecule has 1 nitrogen and oxygen atoms in total. The summed E-state index contributed by atoms with van der Waals surface area (Å²) in [7, 11) is 0. The number of nitrogens with zero attached hydrogens (tertiary/aromatic N) is 1. The van der Waals surface area contributed by atoms with E-state index in [0.717, 1.165) is 6.54 Å². The summed E-state index contributed by atoms with van der Waals surface area (Å²) < 4.78 is 0. The Bertz CT molecular complexity index is 431. The normalized spacial score (nSPS) is 19.4. The molecule has 0 aliphatic carbocycles. The lowest BCUT2D eigenvalue weighted by molar-refractivity contribution is 0.279. The SMILES string of the molecule is CCC1=C2CCCCN2Cc2ccccc21. The summed E-state index contributed by atoms with van der Waals surface area (Å²) >= 11 is 0. The molecule has 2 aliphatic rings. The van der Waals surface area contributed by atoms with Crippen LogP contribution in [0.15, 0.2) is 30.0 Å². The quantitative estimate of drug-likeness (QED) is 0.685. The average Bonchev–Trinajstić information content (AvgIpc) is 2.36. The van der Waals surface area contributed by atoms with Gasteiger partial charge in [0.15, 0.2) is 0 Å². The molecule has 1 saturated heterocycles. The molecule has 0 unspecified atom stereocenters. The minimum atomic E-state index is 1.13. The van der Waals surface area contributed by atoms with Gasteiger partial charge in [-0.25, -0.2) is 0 Å². The zero-order valence-corrected chi connectivity index (χ0v) is 10.00. The van der Waals surface area contributed by atoms with Crippen molar-refractivity contribution >= 4 is 5.57 Å². The van der Waals surface area contributed by atoms with Gasteiger partial charge in [-0.1, -0.05) is 31.2 Å². The molecular formula is C15H19N. The van der Waals surface area contributed by atoms with Crippen LogP contribution in [0.1, 0.15) is 43.7 Å². The summed E-state index contributed by atoms with van der Waals surface area (Å²) in [6.45, 7) is 4.68. The van der Waals surface area contributed by atoms with E-state index in [4.69, 9.17) is 0 Å². The van der Waals surface area contributed by atoms with Crippen molar-refractivity contribution in [2.45, 2.75) is 39.2 Å². The number of rotatable bonds is 1. The zero-order valence-electron chi connectivity index (χ0n) is 10.00. The fourth-order valence-corrected chi connectivity index (χ4v) is 3.11. The molecule has 0 radical (unpaired) electrons. The van der Waals surface area contributed by atoms with Gasteiger partial charge in [0.05, 0.1) is 0 Å². The lowest BCUT2D eigenvalue weighted by Gasteiger charge is -2.38. The number of hydrogen-bond acceptors (Lipinski definition) is 1. The van der Waals surface area contributed by atoms with E-state index in [1.165, 1.54) is 43.4 Å². The summed E-state index contributed by atoms with van der Waals surface area (Å²) in [6.07, 6.45) is 5.19. The molecule has 16 heavy (non-hydrogen) atoms. The van der Waals surface area contributed by atoms with Crippen molar-refractivity contribution in [1.29, 1.82) is 0 Å². The summed E-state index contributed by atoms with van der Waals surface area (Å²) in [6, 6.07) is 8.93.